The van der Waals surface area contributed by atoms with Crippen molar-refractivity contribution in [2.75, 3.05) is 0 Å². The highest BCUT2D eigenvalue weighted by Crippen LogP contribution is 2.21. The summed E-state index contributed by atoms with van der Waals surface area (Å²) < 4.78 is 35.7. The van der Waals surface area contributed by atoms with Crippen molar-refractivity contribution in [3.63, 3.8) is 0 Å². The second-order valence-electron chi connectivity index (χ2n) is 4.77. The molecule has 0 fully saturated rings. The van der Waals surface area contributed by atoms with Gasteiger partial charge in [0.05, 0.1) is 0 Å². The molecule has 0 atom stereocenters. The van der Waals surface area contributed by atoms with Gasteiger partial charge in [0.2, 0.25) is 0 Å². The van der Waals surface area contributed by atoms with E-state index >= 15 is 0 Å². The Morgan fingerprint density at radius 3 is 2.47 bits per heavy atom. The minimum Gasteiger partial charge on any atom is -0.347 e. The summed E-state index contributed by atoms with van der Waals surface area (Å²) in [7, 11) is 0.880. The number of nitrogens with one attached hydrogen (secondary N) is 1. The van der Waals surface area contributed by atoms with Crippen LogP contribution < -0.4 is 5.32 Å². The molecule has 0 heterocycles. The lowest BCUT2D eigenvalue weighted by Crippen LogP contribution is -2.42. The van der Waals surface area contributed by atoms with Crippen LogP contribution in [0.3, 0.4) is 0 Å². The maximum absolute atomic E-state index is 13.3. The zero-order valence-corrected chi connectivity index (χ0v) is 12.4. The van der Waals surface area contributed by atoms with E-state index in [9.17, 15) is 17.6 Å². The van der Waals surface area contributed by atoms with Crippen molar-refractivity contribution >= 4 is 25.6 Å². The van der Waals surface area contributed by atoms with E-state index in [1.54, 1.807) is 0 Å². The minimum atomic E-state index is -4.22. The monoisotopic (exact) mass is 307 g/mol. The fourth-order valence-electron chi connectivity index (χ4n) is 1.30. The molecule has 0 saturated carbocycles. The molecule has 0 aliphatic carbocycles. The highest BCUT2D eigenvalue weighted by Gasteiger charge is 2.22. The van der Waals surface area contributed by atoms with Gasteiger partial charge in [-0.05, 0) is 38.5 Å². The van der Waals surface area contributed by atoms with Crippen molar-refractivity contribution in [2.45, 2.75) is 37.6 Å². The topological polar surface area (TPSA) is 63.2 Å². The molecular weight excluding hydrogens is 293 g/mol. The lowest BCUT2D eigenvalue weighted by atomic mass is 10.0. The van der Waals surface area contributed by atoms with Gasteiger partial charge < -0.3 is 5.32 Å². The number of carbonyl (C=O) groups is 1. The number of hydrogen-bond donors (Lipinski definition) is 1. The van der Waals surface area contributed by atoms with Crippen LogP contribution in [0, 0.1) is 5.82 Å². The Morgan fingerprint density at radius 1 is 1.42 bits per heavy atom. The summed E-state index contributed by atoms with van der Waals surface area (Å²) in [6.07, 6.45) is 0.695. The molecule has 7 heteroatoms. The van der Waals surface area contributed by atoms with E-state index in [0.29, 0.717) is 6.42 Å². The van der Waals surface area contributed by atoms with Crippen molar-refractivity contribution in [1.29, 1.82) is 0 Å². The first kappa shape index (κ1) is 15.9. The molecule has 0 unspecified atom stereocenters. The summed E-state index contributed by atoms with van der Waals surface area (Å²) in [5, 5.41) is 2.72. The number of halogens is 2. The van der Waals surface area contributed by atoms with Gasteiger partial charge in [-0.1, -0.05) is 6.92 Å². The molecule has 1 amide bonds. The second kappa shape index (κ2) is 5.46. The molecule has 0 spiro atoms. The Morgan fingerprint density at radius 2 is 2.00 bits per heavy atom. The molecule has 1 aromatic carbocycles. The van der Waals surface area contributed by atoms with Gasteiger partial charge in [-0.15, -0.1) is 0 Å². The first-order chi connectivity index (χ1) is 8.57. The van der Waals surface area contributed by atoms with Crippen molar-refractivity contribution < 1.29 is 17.6 Å². The fraction of sp³-hybridized carbons (Fsp3) is 0.417. The predicted octanol–water partition coefficient (Wildman–Crippen LogP) is 2.67. The highest BCUT2D eigenvalue weighted by molar-refractivity contribution is 8.13. The van der Waals surface area contributed by atoms with E-state index in [-0.39, 0.29) is 5.56 Å². The van der Waals surface area contributed by atoms with Crippen LogP contribution in [0.1, 0.15) is 37.6 Å². The number of rotatable bonds is 4. The van der Waals surface area contributed by atoms with Gasteiger partial charge in [0.15, 0.2) is 0 Å². The quantitative estimate of drug-likeness (QED) is 0.870. The molecule has 106 valence electrons. The molecule has 1 N–H and O–H groups in total. The second-order valence-corrected chi connectivity index (χ2v) is 7.31. The summed E-state index contributed by atoms with van der Waals surface area (Å²) in [4.78, 5) is 11.2. The average Bonchev–Trinajstić information content (AvgIpc) is 2.27. The number of hydrogen-bond acceptors (Lipinski definition) is 3. The van der Waals surface area contributed by atoms with Crippen LogP contribution >= 0.6 is 10.7 Å². The number of carbonyl (C=O) groups excluding carboxylic acids is 1. The van der Waals surface area contributed by atoms with E-state index < -0.39 is 31.2 Å². The van der Waals surface area contributed by atoms with Crippen LogP contribution in [0.2, 0.25) is 0 Å². The molecule has 1 rings (SSSR count). The molecule has 0 radical (unpaired) electrons. The zero-order valence-electron chi connectivity index (χ0n) is 10.8. The van der Waals surface area contributed by atoms with Gasteiger partial charge in [0.25, 0.3) is 15.0 Å². The van der Waals surface area contributed by atoms with Crippen LogP contribution in [0.5, 0.6) is 0 Å². The maximum Gasteiger partial charge on any atom is 0.264 e. The number of amides is 1. The van der Waals surface area contributed by atoms with Crippen LogP contribution in [0.25, 0.3) is 0 Å². The summed E-state index contributed by atoms with van der Waals surface area (Å²) in [6.45, 7) is 5.56. The minimum absolute atomic E-state index is 0.0437. The zero-order chi connectivity index (χ0) is 14.8. The van der Waals surface area contributed by atoms with Crippen molar-refractivity contribution in [3.8, 4) is 0 Å². The van der Waals surface area contributed by atoms with Crippen LogP contribution in [-0.2, 0) is 9.05 Å². The first-order valence-corrected chi connectivity index (χ1v) is 7.94. The standard InChI is InChI=1S/C12H15ClFNO3S/c1-4-12(2,3)15-11(16)8-5-6-9(14)10(7-8)19(13,17)18/h5-7H,4H2,1-3H3,(H,15,16). The van der Waals surface area contributed by atoms with Crippen molar-refractivity contribution in [1.82, 2.24) is 5.32 Å². The summed E-state index contributed by atoms with van der Waals surface area (Å²) in [6, 6.07) is 3.05. The Kier molecular flexibility index (Phi) is 4.58. The molecule has 0 saturated heterocycles. The summed E-state index contributed by atoms with van der Waals surface area (Å²) in [5.74, 6) is -1.46. The Balaban J connectivity index is 3.14. The van der Waals surface area contributed by atoms with Crippen molar-refractivity contribution in [3.05, 3.63) is 29.6 Å². The van der Waals surface area contributed by atoms with Gasteiger partial charge in [0.1, 0.15) is 10.7 Å². The number of benzene rings is 1. The normalized spacial score (nSPS) is 12.3. The van der Waals surface area contributed by atoms with Gasteiger partial charge >= 0.3 is 0 Å². The van der Waals surface area contributed by atoms with Crippen LogP contribution in [0.4, 0.5) is 4.39 Å². The van der Waals surface area contributed by atoms with Gasteiger partial charge in [0, 0.05) is 21.8 Å². The van der Waals surface area contributed by atoms with Gasteiger partial charge in [-0.2, -0.15) is 0 Å². The molecule has 0 aromatic heterocycles. The van der Waals surface area contributed by atoms with Gasteiger partial charge in [-0.25, -0.2) is 12.8 Å². The molecule has 19 heavy (non-hydrogen) atoms. The third-order valence-corrected chi connectivity index (χ3v) is 4.13. The Labute approximate surface area is 116 Å². The van der Waals surface area contributed by atoms with Crippen molar-refractivity contribution in [2.24, 2.45) is 0 Å². The lowest BCUT2D eigenvalue weighted by Gasteiger charge is -2.24. The van der Waals surface area contributed by atoms with E-state index in [4.69, 9.17) is 10.7 Å². The lowest BCUT2D eigenvalue weighted by molar-refractivity contribution is 0.0911. The highest BCUT2D eigenvalue weighted by atomic mass is 35.7. The molecule has 0 aliphatic heterocycles. The predicted molar refractivity (Wildman–Crippen MR) is 71.3 cm³/mol. The molecule has 4 nitrogen and oxygen atoms in total. The molecule has 0 bridgehead atoms. The Bertz CT molecular complexity index is 599. The van der Waals surface area contributed by atoms with E-state index in [0.717, 1.165) is 12.1 Å². The largest absolute Gasteiger partial charge is 0.347 e. The van der Waals surface area contributed by atoms with E-state index in [2.05, 4.69) is 5.32 Å². The summed E-state index contributed by atoms with van der Waals surface area (Å²) >= 11 is 0. The third-order valence-electron chi connectivity index (χ3n) is 2.79. The third kappa shape index (κ3) is 4.18. The molecule has 0 aliphatic rings. The maximum atomic E-state index is 13.3. The van der Waals surface area contributed by atoms with Crippen LogP contribution in [0.15, 0.2) is 23.1 Å². The Hall–Kier alpha value is -1.14. The summed E-state index contributed by atoms with van der Waals surface area (Å²) in [5.41, 5.74) is -0.395. The average molecular weight is 308 g/mol. The SMILES string of the molecule is CCC(C)(C)NC(=O)c1ccc(F)c(S(=O)(=O)Cl)c1. The van der Waals surface area contributed by atoms with E-state index in [1.165, 1.54) is 6.07 Å². The van der Waals surface area contributed by atoms with Gasteiger partial charge in [-0.3, -0.25) is 4.79 Å². The first-order valence-electron chi connectivity index (χ1n) is 5.63. The molecule has 1 aromatic rings. The van der Waals surface area contributed by atoms with E-state index in [1.807, 2.05) is 20.8 Å². The smallest absolute Gasteiger partial charge is 0.264 e. The fourth-order valence-corrected chi connectivity index (χ4v) is 2.22. The molecular formula is C12H15ClFNO3S. The van der Waals surface area contributed by atoms with Crippen LogP contribution in [-0.4, -0.2) is 19.9 Å².